The number of halogens is 2. The Hall–Kier alpha value is -0.500. The van der Waals surface area contributed by atoms with Gasteiger partial charge in [0.15, 0.2) is 0 Å². The molecule has 0 radical (unpaired) electrons. The molecule has 0 aliphatic heterocycles. The molecule has 1 aromatic rings. The van der Waals surface area contributed by atoms with E-state index in [2.05, 4.69) is 61.2 Å². The Labute approximate surface area is 131 Å². The second-order valence-electron chi connectivity index (χ2n) is 4.57. The molecule has 4 heteroatoms. The van der Waals surface area contributed by atoms with Crippen molar-refractivity contribution in [2.24, 2.45) is 0 Å². The van der Waals surface area contributed by atoms with Crippen LogP contribution in [0, 0.1) is 11.8 Å². The molecule has 1 fully saturated rings. The van der Waals surface area contributed by atoms with E-state index in [0.717, 1.165) is 33.7 Å². The molecule has 102 valence electrons. The Kier molecular flexibility index (Phi) is 5.75. The fourth-order valence-electron chi connectivity index (χ4n) is 1.73. The smallest absolute Gasteiger partial charge is 0.147 e. The summed E-state index contributed by atoms with van der Waals surface area (Å²) in [6, 6.07) is 4.95. The molecule has 0 aromatic heterocycles. The van der Waals surface area contributed by atoms with Crippen molar-refractivity contribution in [3.8, 4) is 17.6 Å². The average molecular weight is 387 g/mol. The SMILES string of the molecule is CC#CCCOc1c(Br)cc(CNC2CC2)cc1Br. The molecule has 0 bridgehead atoms. The monoisotopic (exact) mass is 385 g/mol. The molecule has 0 unspecified atom stereocenters. The Balaban J connectivity index is 1.96. The van der Waals surface area contributed by atoms with E-state index in [4.69, 9.17) is 4.74 Å². The van der Waals surface area contributed by atoms with Crippen molar-refractivity contribution < 1.29 is 4.74 Å². The van der Waals surface area contributed by atoms with Gasteiger partial charge in [0.05, 0.1) is 15.6 Å². The Morgan fingerprint density at radius 3 is 2.58 bits per heavy atom. The zero-order valence-electron chi connectivity index (χ0n) is 10.9. The van der Waals surface area contributed by atoms with Crippen LogP contribution in [0.15, 0.2) is 21.1 Å². The van der Waals surface area contributed by atoms with Gasteiger partial charge in [-0.3, -0.25) is 0 Å². The number of hydrogen-bond acceptors (Lipinski definition) is 2. The normalized spacial score (nSPS) is 13.8. The highest BCUT2D eigenvalue weighted by atomic mass is 79.9. The van der Waals surface area contributed by atoms with E-state index in [1.165, 1.54) is 18.4 Å². The molecule has 19 heavy (non-hydrogen) atoms. The lowest BCUT2D eigenvalue weighted by Gasteiger charge is -2.12. The fourth-order valence-corrected chi connectivity index (χ4v) is 3.24. The van der Waals surface area contributed by atoms with Gasteiger partial charge in [-0.1, -0.05) is 0 Å². The summed E-state index contributed by atoms with van der Waals surface area (Å²) in [6.45, 7) is 3.36. The second kappa shape index (κ2) is 7.33. The zero-order valence-corrected chi connectivity index (χ0v) is 14.1. The first-order valence-electron chi connectivity index (χ1n) is 6.44. The summed E-state index contributed by atoms with van der Waals surface area (Å²) in [6.07, 6.45) is 3.37. The number of hydrogen-bond donors (Lipinski definition) is 1. The summed E-state index contributed by atoms with van der Waals surface area (Å²) in [5.41, 5.74) is 1.26. The summed E-state index contributed by atoms with van der Waals surface area (Å²) >= 11 is 7.14. The van der Waals surface area contributed by atoms with E-state index in [-0.39, 0.29) is 0 Å². The van der Waals surface area contributed by atoms with Crippen LogP contribution < -0.4 is 10.1 Å². The maximum atomic E-state index is 5.75. The largest absolute Gasteiger partial charge is 0.490 e. The highest BCUT2D eigenvalue weighted by Crippen LogP contribution is 2.35. The van der Waals surface area contributed by atoms with E-state index in [1.54, 1.807) is 0 Å². The van der Waals surface area contributed by atoms with Crippen LogP contribution in [0.25, 0.3) is 0 Å². The molecule has 0 saturated heterocycles. The minimum atomic E-state index is 0.609. The van der Waals surface area contributed by atoms with Crippen LogP contribution in [-0.2, 0) is 6.54 Å². The van der Waals surface area contributed by atoms with E-state index >= 15 is 0 Å². The van der Waals surface area contributed by atoms with Crippen molar-refractivity contribution in [1.82, 2.24) is 5.32 Å². The van der Waals surface area contributed by atoms with Gasteiger partial charge in [-0.25, -0.2) is 0 Å². The molecular formula is C15H17Br2NO. The molecule has 1 N–H and O–H groups in total. The van der Waals surface area contributed by atoms with Crippen molar-refractivity contribution >= 4 is 31.9 Å². The van der Waals surface area contributed by atoms with Crippen LogP contribution in [-0.4, -0.2) is 12.6 Å². The van der Waals surface area contributed by atoms with E-state index < -0.39 is 0 Å². The second-order valence-corrected chi connectivity index (χ2v) is 6.28. The van der Waals surface area contributed by atoms with E-state index in [0.29, 0.717) is 6.61 Å². The molecular weight excluding hydrogens is 370 g/mol. The highest BCUT2D eigenvalue weighted by Gasteiger charge is 2.20. The van der Waals surface area contributed by atoms with Gasteiger partial charge in [0.25, 0.3) is 0 Å². The van der Waals surface area contributed by atoms with E-state index in [9.17, 15) is 0 Å². The minimum absolute atomic E-state index is 0.609. The minimum Gasteiger partial charge on any atom is -0.490 e. The van der Waals surface area contributed by atoms with Crippen molar-refractivity contribution in [3.05, 3.63) is 26.6 Å². The van der Waals surface area contributed by atoms with Crippen LogP contribution in [0.3, 0.4) is 0 Å². The molecule has 1 aromatic carbocycles. The van der Waals surface area contributed by atoms with Gasteiger partial charge in [-0.2, -0.15) is 0 Å². The summed E-state index contributed by atoms with van der Waals surface area (Å²) in [5, 5.41) is 3.51. The molecule has 0 spiro atoms. The van der Waals surface area contributed by atoms with Crippen LogP contribution in [0.5, 0.6) is 5.75 Å². The lowest BCUT2D eigenvalue weighted by Crippen LogP contribution is -2.15. The van der Waals surface area contributed by atoms with Crippen molar-refractivity contribution in [2.75, 3.05) is 6.61 Å². The number of rotatable bonds is 6. The summed E-state index contributed by atoms with van der Waals surface area (Å²) in [5.74, 6) is 6.71. The predicted octanol–water partition coefficient (Wildman–Crippen LogP) is 4.26. The van der Waals surface area contributed by atoms with Crippen molar-refractivity contribution in [3.63, 3.8) is 0 Å². The Morgan fingerprint density at radius 1 is 1.32 bits per heavy atom. The zero-order chi connectivity index (χ0) is 13.7. The van der Waals surface area contributed by atoms with Gasteiger partial charge in [0.2, 0.25) is 0 Å². The van der Waals surface area contributed by atoms with Crippen LogP contribution in [0.4, 0.5) is 0 Å². The first kappa shape index (κ1) is 14.9. The molecule has 1 aliphatic carbocycles. The quantitative estimate of drug-likeness (QED) is 0.582. The molecule has 0 heterocycles. The highest BCUT2D eigenvalue weighted by molar-refractivity contribution is 9.11. The maximum Gasteiger partial charge on any atom is 0.147 e. The predicted molar refractivity (Wildman–Crippen MR) is 85.3 cm³/mol. The molecule has 2 rings (SSSR count). The van der Waals surface area contributed by atoms with E-state index in [1.807, 2.05) is 6.92 Å². The fraction of sp³-hybridized carbons (Fsp3) is 0.467. The van der Waals surface area contributed by atoms with Crippen molar-refractivity contribution in [2.45, 2.75) is 38.8 Å². The Bertz CT molecular complexity index is 478. The molecule has 1 saturated carbocycles. The van der Waals surface area contributed by atoms with Gasteiger partial charge in [0, 0.05) is 19.0 Å². The molecule has 2 nitrogen and oxygen atoms in total. The number of nitrogens with one attached hydrogen (secondary N) is 1. The average Bonchev–Trinajstić information content (AvgIpc) is 3.18. The van der Waals surface area contributed by atoms with Crippen LogP contribution in [0.1, 0.15) is 31.7 Å². The van der Waals surface area contributed by atoms with Crippen LogP contribution in [0.2, 0.25) is 0 Å². The third-order valence-electron chi connectivity index (χ3n) is 2.88. The van der Waals surface area contributed by atoms with Gasteiger partial charge in [-0.15, -0.1) is 11.8 Å². The third-order valence-corrected chi connectivity index (χ3v) is 4.06. The standard InChI is InChI=1S/C15H17Br2NO/c1-2-3-4-7-19-15-13(16)8-11(9-14(15)17)10-18-12-5-6-12/h8-9,12,18H,4-7,10H2,1H3. The van der Waals surface area contributed by atoms with Crippen molar-refractivity contribution in [1.29, 1.82) is 0 Å². The third kappa shape index (κ3) is 4.83. The van der Waals surface area contributed by atoms with Gasteiger partial charge in [-0.05, 0) is 69.3 Å². The maximum absolute atomic E-state index is 5.75. The summed E-state index contributed by atoms with van der Waals surface area (Å²) < 4.78 is 7.72. The lowest BCUT2D eigenvalue weighted by molar-refractivity contribution is 0.323. The molecule has 0 atom stereocenters. The first-order valence-corrected chi connectivity index (χ1v) is 8.03. The first-order chi connectivity index (χ1) is 9.20. The number of benzene rings is 1. The summed E-state index contributed by atoms with van der Waals surface area (Å²) in [7, 11) is 0. The number of ether oxygens (including phenoxy) is 1. The lowest BCUT2D eigenvalue weighted by atomic mass is 10.2. The molecule has 0 amide bonds. The summed E-state index contributed by atoms with van der Waals surface area (Å²) in [4.78, 5) is 0. The van der Waals surface area contributed by atoms with Crippen LogP contribution >= 0.6 is 31.9 Å². The Morgan fingerprint density at radius 2 is 2.00 bits per heavy atom. The van der Waals surface area contributed by atoms with Gasteiger partial charge >= 0.3 is 0 Å². The topological polar surface area (TPSA) is 21.3 Å². The van der Waals surface area contributed by atoms with Gasteiger partial charge in [0.1, 0.15) is 5.75 Å². The molecule has 1 aliphatic rings. The van der Waals surface area contributed by atoms with Gasteiger partial charge < -0.3 is 10.1 Å².